The average molecular weight is 313 g/mol. The Bertz CT molecular complexity index is 478. The molecule has 2 rings (SSSR count). The topological polar surface area (TPSA) is 62.0 Å². The minimum atomic E-state index is -0.251. The lowest BCUT2D eigenvalue weighted by Gasteiger charge is -2.36. The van der Waals surface area contributed by atoms with E-state index in [9.17, 15) is 9.59 Å². The van der Waals surface area contributed by atoms with E-state index in [1.165, 1.54) is 18.7 Å². The van der Waals surface area contributed by atoms with Crippen LogP contribution < -0.4 is 10.9 Å². The molecule has 0 aliphatic heterocycles. The second-order valence-electron chi connectivity index (χ2n) is 4.87. The molecule has 0 unspecified atom stereocenters. The van der Waals surface area contributed by atoms with Crippen LogP contribution in [0.15, 0.2) is 23.1 Å². The number of aromatic amines is 1. The van der Waals surface area contributed by atoms with Gasteiger partial charge in [-0.05, 0) is 18.9 Å². The van der Waals surface area contributed by atoms with Crippen LogP contribution in [0.1, 0.15) is 42.5 Å². The predicted molar refractivity (Wildman–Crippen MR) is 74.1 cm³/mol. The first-order chi connectivity index (χ1) is 8.65. The Balaban J connectivity index is 2.12. The van der Waals surface area contributed by atoms with Crippen molar-refractivity contribution >= 4 is 21.8 Å². The molecule has 0 aromatic carbocycles. The van der Waals surface area contributed by atoms with E-state index >= 15 is 0 Å². The number of hydrogen-bond donors (Lipinski definition) is 2. The fourth-order valence-corrected chi connectivity index (χ4v) is 3.12. The SMILES string of the molecule is O=C(NC1(CBr)CCCCC1)c1cc[nH]c(=O)c1. The van der Waals surface area contributed by atoms with Crippen LogP contribution in [-0.4, -0.2) is 21.8 Å². The summed E-state index contributed by atoms with van der Waals surface area (Å²) in [4.78, 5) is 25.8. The minimum Gasteiger partial charge on any atom is -0.346 e. The fourth-order valence-electron chi connectivity index (χ4n) is 2.42. The third-order valence-electron chi connectivity index (χ3n) is 3.48. The standard InChI is InChI=1S/C13H17BrN2O2/c14-9-13(5-2-1-3-6-13)16-12(18)10-4-7-15-11(17)8-10/h4,7-8H,1-3,5-6,9H2,(H,15,17)(H,16,18). The molecule has 98 valence electrons. The van der Waals surface area contributed by atoms with Crippen LogP contribution in [-0.2, 0) is 0 Å². The van der Waals surface area contributed by atoms with Gasteiger partial charge in [-0.2, -0.15) is 0 Å². The molecule has 18 heavy (non-hydrogen) atoms. The number of hydrogen-bond acceptors (Lipinski definition) is 2. The van der Waals surface area contributed by atoms with Crippen molar-refractivity contribution in [3.05, 3.63) is 34.2 Å². The molecule has 1 heterocycles. The Kier molecular flexibility index (Phi) is 4.22. The Morgan fingerprint density at radius 2 is 2.11 bits per heavy atom. The first kappa shape index (κ1) is 13.3. The number of rotatable bonds is 3. The lowest BCUT2D eigenvalue weighted by atomic mass is 9.83. The Labute approximate surface area is 114 Å². The van der Waals surface area contributed by atoms with Crippen molar-refractivity contribution in [1.82, 2.24) is 10.3 Å². The van der Waals surface area contributed by atoms with Gasteiger partial charge < -0.3 is 10.3 Å². The number of carbonyl (C=O) groups excluding carboxylic acids is 1. The summed E-state index contributed by atoms with van der Waals surface area (Å²) < 4.78 is 0. The number of nitrogens with one attached hydrogen (secondary N) is 2. The summed E-state index contributed by atoms with van der Waals surface area (Å²) in [7, 11) is 0. The van der Waals surface area contributed by atoms with Crippen LogP contribution in [0.25, 0.3) is 0 Å². The van der Waals surface area contributed by atoms with Gasteiger partial charge in [-0.3, -0.25) is 9.59 Å². The molecular weight excluding hydrogens is 296 g/mol. The van der Waals surface area contributed by atoms with Gasteiger partial charge in [-0.1, -0.05) is 35.2 Å². The van der Waals surface area contributed by atoms with Crippen molar-refractivity contribution in [2.24, 2.45) is 0 Å². The van der Waals surface area contributed by atoms with E-state index in [0.717, 1.165) is 31.0 Å². The van der Waals surface area contributed by atoms with E-state index in [1.807, 2.05) is 0 Å². The number of alkyl halides is 1. The zero-order valence-corrected chi connectivity index (χ0v) is 11.8. The van der Waals surface area contributed by atoms with Gasteiger partial charge in [0.2, 0.25) is 5.56 Å². The number of amides is 1. The zero-order chi connectivity index (χ0) is 13.0. The second kappa shape index (κ2) is 5.69. The molecule has 1 aromatic heterocycles. The van der Waals surface area contributed by atoms with Gasteiger partial charge >= 0.3 is 0 Å². The summed E-state index contributed by atoms with van der Waals surface area (Å²) >= 11 is 3.50. The molecule has 0 bridgehead atoms. The minimum absolute atomic E-state index is 0.155. The number of H-pyrrole nitrogens is 1. The summed E-state index contributed by atoms with van der Waals surface area (Å²) in [6.45, 7) is 0. The maximum atomic E-state index is 12.1. The van der Waals surface area contributed by atoms with Crippen molar-refractivity contribution in [1.29, 1.82) is 0 Å². The smallest absolute Gasteiger partial charge is 0.251 e. The van der Waals surface area contributed by atoms with E-state index in [2.05, 4.69) is 26.2 Å². The van der Waals surface area contributed by atoms with Crippen LogP contribution >= 0.6 is 15.9 Å². The molecule has 1 fully saturated rings. The molecule has 0 radical (unpaired) electrons. The van der Waals surface area contributed by atoms with Crippen LogP contribution in [0.5, 0.6) is 0 Å². The molecule has 5 heteroatoms. The summed E-state index contributed by atoms with van der Waals surface area (Å²) in [5.74, 6) is -0.164. The monoisotopic (exact) mass is 312 g/mol. The normalized spacial score (nSPS) is 18.3. The summed E-state index contributed by atoms with van der Waals surface area (Å²) in [5.41, 5.74) is 0.0154. The van der Waals surface area contributed by atoms with Gasteiger partial charge in [0.15, 0.2) is 0 Å². The molecule has 1 aromatic rings. The maximum Gasteiger partial charge on any atom is 0.251 e. The van der Waals surface area contributed by atoms with Crippen LogP contribution in [0.3, 0.4) is 0 Å². The van der Waals surface area contributed by atoms with Gasteiger partial charge in [0.25, 0.3) is 5.91 Å². The van der Waals surface area contributed by atoms with Gasteiger partial charge in [0.05, 0.1) is 5.54 Å². The molecule has 1 aliphatic rings. The molecule has 1 saturated carbocycles. The summed E-state index contributed by atoms with van der Waals surface area (Å²) in [6, 6.07) is 2.96. The molecule has 2 N–H and O–H groups in total. The number of pyridine rings is 1. The fraction of sp³-hybridized carbons (Fsp3) is 0.538. The molecular formula is C13H17BrN2O2. The highest BCUT2D eigenvalue weighted by Gasteiger charge is 2.32. The quantitative estimate of drug-likeness (QED) is 0.841. The van der Waals surface area contributed by atoms with Crippen molar-refractivity contribution in [3.8, 4) is 0 Å². The Morgan fingerprint density at radius 1 is 1.39 bits per heavy atom. The highest BCUT2D eigenvalue weighted by atomic mass is 79.9. The van der Waals surface area contributed by atoms with Crippen LogP contribution in [0, 0.1) is 0 Å². The number of aromatic nitrogens is 1. The van der Waals surface area contributed by atoms with E-state index in [-0.39, 0.29) is 17.0 Å². The third kappa shape index (κ3) is 3.02. The van der Waals surface area contributed by atoms with Gasteiger partial charge in [0.1, 0.15) is 0 Å². The summed E-state index contributed by atoms with van der Waals surface area (Å²) in [6.07, 6.45) is 7.00. The van der Waals surface area contributed by atoms with E-state index in [4.69, 9.17) is 0 Å². The molecule has 0 atom stereocenters. The van der Waals surface area contributed by atoms with Crippen LogP contribution in [0.4, 0.5) is 0 Å². The summed E-state index contributed by atoms with van der Waals surface area (Å²) in [5, 5.41) is 3.85. The van der Waals surface area contributed by atoms with Gasteiger partial charge in [0, 0.05) is 23.2 Å². The lowest BCUT2D eigenvalue weighted by Crippen LogP contribution is -2.51. The molecule has 0 saturated heterocycles. The molecule has 1 aliphatic carbocycles. The highest BCUT2D eigenvalue weighted by Crippen LogP contribution is 2.30. The highest BCUT2D eigenvalue weighted by molar-refractivity contribution is 9.09. The zero-order valence-electron chi connectivity index (χ0n) is 10.2. The third-order valence-corrected chi connectivity index (χ3v) is 4.56. The largest absolute Gasteiger partial charge is 0.346 e. The first-order valence-electron chi connectivity index (χ1n) is 6.22. The first-order valence-corrected chi connectivity index (χ1v) is 7.35. The molecule has 0 spiro atoms. The van der Waals surface area contributed by atoms with Crippen molar-refractivity contribution in [2.75, 3.05) is 5.33 Å². The van der Waals surface area contributed by atoms with Crippen molar-refractivity contribution in [2.45, 2.75) is 37.6 Å². The van der Waals surface area contributed by atoms with E-state index in [1.54, 1.807) is 6.07 Å². The van der Waals surface area contributed by atoms with Crippen LogP contribution in [0.2, 0.25) is 0 Å². The number of halogens is 1. The Hall–Kier alpha value is -1.10. The van der Waals surface area contributed by atoms with Gasteiger partial charge in [-0.15, -0.1) is 0 Å². The predicted octanol–water partition coefficient (Wildman–Crippen LogP) is 2.20. The van der Waals surface area contributed by atoms with E-state index < -0.39 is 0 Å². The number of carbonyl (C=O) groups is 1. The van der Waals surface area contributed by atoms with Crippen molar-refractivity contribution in [3.63, 3.8) is 0 Å². The van der Waals surface area contributed by atoms with Crippen molar-refractivity contribution < 1.29 is 4.79 Å². The lowest BCUT2D eigenvalue weighted by molar-refractivity contribution is 0.0886. The van der Waals surface area contributed by atoms with Gasteiger partial charge in [-0.25, -0.2) is 0 Å². The van der Waals surface area contributed by atoms with E-state index in [0.29, 0.717) is 5.56 Å². The maximum absolute atomic E-state index is 12.1. The Morgan fingerprint density at radius 3 is 2.72 bits per heavy atom. The molecule has 1 amide bonds. The average Bonchev–Trinajstić information content (AvgIpc) is 2.40. The molecule has 4 nitrogen and oxygen atoms in total. The second-order valence-corrected chi connectivity index (χ2v) is 5.43.